The molecular formula is C13H19N3O4S. The molecule has 0 N–H and O–H groups in total. The van der Waals surface area contributed by atoms with Crippen molar-refractivity contribution in [1.82, 2.24) is 13.6 Å². The highest BCUT2D eigenvalue weighted by atomic mass is 32.2. The Hall–Kier alpha value is -1.22. The van der Waals surface area contributed by atoms with Gasteiger partial charge >= 0.3 is 0 Å². The largest absolute Gasteiger partial charge is 0.473 e. The average molecular weight is 313 g/mol. The molecule has 8 heteroatoms. The second kappa shape index (κ2) is 6.27. The van der Waals surface area contributed by atoms with E-state index < -0.39 is 10.2 Å². The van der Waals surface area contributed by atoms with Crippen LogP contribution in [0.1, 0.15) is 6.42 Å². The Bertz CT molecular complexity index is 560. The molecule has 3 heterocycles. The molecule has 116 valence electrons. The van der Waals surface area contributed by atoms with Crippen molar-refractivity contribution in [2.45, 2.75) is 12.5 Å². The third-order valence-electron chi connectivity index (χ3n) is 3.66. The number of hydrogen-bond donors (Lipinski definition) is 0. The topological polar surface area (TPSA) is 72.0 Å². The lowest BCUT2D eigenvalue weighted by atomic mass is 10.3. The molecule has 0 aromatic carbocycles. The van der Waals surface area contributed by atoms with Gasteiger partial charge in [-0.2, -0.15) is 17.0 Å². The molecule has 1 aromatic rings. The van der Waals surface area contributed by atoms with Crippen molar-refractivity contribution in [1.29, 1.82) is 0 Å². The summed E-state index contributed by atoms with van der Waals surface area (Å²) in [6.45, 7) is 2.62. The fourth-order valence-electron chi connectivity index (χ4n) is 2.53. The minimum absolute atomic E-state index is 0.143. The summed E-state index contributed by atoms with van der Waals surface area (Å²) in [7, 11) is -3.40. The van der Waals surface area contributed by atoms with Gasteiger partial charge in [-0.25, -0.2) is 4.98 Å². The lowest BCUT2D eigenvalue weighted by molar-refractivity contribution is 0.0703. The van der Waals surface area contributed by atoms with E-state index in [1.807, 2.05) is 12.1 Å². The number of rotatable bonds is 4. The van der Waals surface area contributed by atoms with Crippen LogP contribution in [0.2, 0.25) is 0 Å². The minimum atomic E-state index is -3.40. The number of hydrogen-bond acceptors (Lipinski definition) is 5. The predicted molar refractivity (Wildman–Crippen MR) is 76.2 cm³/mol. The van der Waals surface area contributed by atoms with Crippen LogP contribution >= 0.6 is 0 Å². The standard InChI is InChI=1S/C13H19N3O4S/c17-21(18,15-7-9-19-10-8-15)16-6-4-12(11-16)20-13-3-1-2-5-14-13/h1-3,5,12H,4,6-11H2. The number of ether oxygens (including phenoxy) is 2. The van der Waals surface area contributed by atoms with Crippen molar-refractivity contribution in [3.05, 3.63) is 24.4 Å². The lowest BCUT2D eigenvalue weighted by Crippen LogP contribution is -2.48. The first-order chi connectivity index (χ1) is 10.2. The molecule has 0 spiro atoms. The average Bonchev–Trinajstić information content (AvgIpc) is 2.98. The Morgan fingerprint density at radius 2 is 2.00 bits per heavy atom. The van der Waals surface area contributed by atoms with Crippen LogP contribution in [-0.4, -0.2) is 67.5 Å². The van der Waals surface area contributed by atoms with Gasteiger partial charge in [-0.05, 0) is 12.5 Å². The Kier molecular flexibility index (Phi) is 4.39. The normalized spacial score (nSPS) is 25.0. The molecule has 2 aliphatic rings. The summed E-state index contributed by atoms with van der Waals surface area (Å²) in [5, 5.41) is 0. The Labute approximate surface area is 124 Å². The maximum absolute atomic E-state index is 12.5. The van der Waals surface area contributed by atoms with Gasteiger partial charge in [-0.15, -0.1) is 0 Å². The van der Waals surface area contributed by atoms with Crippen molar-refractivity contribution >= 4 is 10.2 Å². The molecule has 2 saturated heterocycles. The zero-order chi connectivity index (χ0) is 14.7. The molecule has 1 atom stereocenters. The summed E-state index contributed by atoms with van der Waals surface area (Å²) >= 11 is 0. The number of nitrogens with zero attached hydrogens (tertiary/aromatic N) is 3. The lowest BCUT2D eigenvalue weighted by Gasteiger charge is -2.29. The molecular weight excluding hydrogens is 294 g/mol. The second-order valence-electron chi connectivity index (χ2n) is 5.07. The fraction of sp³-hybridized carbons (Fsp3) is 0.615. The predicted octanol–water partition coefficient (Wildman–Crippen LogP) is 0.112. The van der Waals surface area contributed by atoms with Crippen LogP contribution in [-0.2, 0) is 14.9 Å². The van der Waals surface area contributed by atoms with Crippen LogP contribution in [0.3, 0.4) is 0 Å². The van der Waals surface area contributed by atoms with E-state index in [1.54, 1.807) is 12.3 Å². The van der Waals surface area contributed by atoms with Gasteiger partial charge in [0.1, 0.15) is 6.10 Å². The summed E-state index contributed by atoms with van der Waals surface area (Å²) in [5.41, 5.74) is 0. The fourth-order valence-corrected chi connectivity index (χ4v) is 4.16. The number of aromatic nitrogens is 1. The smallest absolute Gasteiger partial charge is 0.282 e. The molecule has 3 rings (SSSR count). The third kappa shape index (κ3) is 3.34. The summed E-state index contributed by atoms with van der Waals surface area (Å²) in [4.78, 5) is 4.10. The monoisotopic (exact) mass is 313 g/mol. The Morgan fingerprint density at radius 1 is 1.19 bits per heavy atom. The van der Waals surface area contributed by atoms with Gasteiger partial charge in [-0.1, -0.05) is 6.07 Å². The second-order valence-corrected chi connectivity index (χ2v) is 7.00. The van der Waals surface area contributed by atoms with E-state index in [9.17, 15) is 8.42 Å². The zero-order valence-corrected chi connectivity index (χ0v) is 12.5. The van der Waals surface area contributed by atoms with Crippen molar-refractivity contribution in [2.75, 3.05) is 39.4 Å². The van der Waals surface area contributed by atoms with Gasteiger partial charge in [0, 0.05) is 31.9 Å². The van der Waals surface area contributed by atoms with E-state index in [2.05, 4.69) is 4.98 Å². The quantitative estimate of drug-likeness (QED) is 0.789. The first-order valence-electron chi connectivity index (χ1n) is 7.07. The summed E-state index contributed by atoms with van der Waals surface area (Å²) in [6.07, 6.45) is 2.20. The van der Waals surface area contributed by atoms with Crippen LogP contribution in [0.15, 0.2) is 24.4 Å². The van der Waals surface area contributed by atoms with Gasteiger partial charge in [-0.3, -0.25) is 0 Å². The highest BCUT2D eigenvalue weighted by molar-refractivity contribution is 7.86. The van der Waals surface area contributed by atoms with Crippen LogP contribution in [0.5, 0.6) is 5.88 Å². The SMILES string of the molecule is O=S(=O)(N1CCOCC1)N1CCC(Oc2ccccn2)C1. The molecule has 0 amide bonds. The molecule has 0 radical (unpaired) electrons. The highest BCUT2D eigenvalue weighted by Crippen LogP contribution is 2.21. The molecule has 2 aliphatic heterocycles. The van der Waals surface area contributed by atoms with E-state index in [0.717, 1.165) is 0 Å². The molecule has 0 saturated carbocycles. The first kappa shape index (κ1) is 14.7. The van der Waals surface area contributed by atoms with Crippen molar-refractivity contribution in [3.8, 4) is 5.88 Å². The van der Waals surface area contributed by atoms with Crippen LogP contribution in [0.4, 0.5) is 0 Å². The van der Waals surface area contributed by atoms with Gasteiger partial charge < -0.3 is 9.47 Å². The van der Waals surface area contributed by atoms with Crippen LogP contribution in [0, 0.1) is 0 Å². The maximum atomic E-state index is 12.5. The van der Waals surface area contributed by atoms with E-state index >= 15 is 0 Å². The summed E-state index contributed by atoms with van der Waals surface area (Å²) in [6, 6.07) is 5.44. The van der Waals surface area contributed by atoms with Crippen LogP contribution in [0.25, 0.3) is 0 Å². The van der Waals surface area contributed by atoms with Crippen molar-refractivity contribution < 1.29 is 17.9 Å². The van der Waals surface area contributed by atoms with Crippen molar-refractivity contribution in [2.24, 2.45) is 0 Å². The van der Waals surface area contributed by atoms with E-state index in [-0.39, 0.29) is 6.10 Å². The van der Waals surface area contributed by atoms with Gasteiger partial charge in [0.2, 0.25) is 5.88 Å². The molecule has 2 fully saturated rings. The summed E-state index contributed by atoms with van der Waals surface area (Å²) < 4.78 is 38.9. The van der Waals surface area contributed by atoms with Crippen LogP contribution < -0.4 is 4.74 Å². The van der Waals surface area contributed by atoms with E-state index in [4.69, 9.17) is 9.47 Å². The highest BCUT2D eigenvalue weighted by Gasteiger charge is 2.37. The Morgan fingerprint density at radius 3 is 2.71 bits per heavy atom. The van der Waals surface area contributed by atoms with E-state index in [0.29, 0.717) is 51.7 Å². The van der Waals surface area contributed by atoms with Crippen molar-refractivity contribution in [3.63, 3.8) is 0 Å². The summed E-state index contributed by atoms with van der Waals surface area (Å²) in [5.74, 6) is 0.535. The Balaban J connectivity index is 1.61. The maximum Gasteiger partial charge on any atom is 0.282 e. The van der Waals surface area contributed by atoms with Gasteiger partial charge in [0.15, 0.2) is 0 Å². The molecule has 7 nitrogen and oxygen atoms in total. The molecule has 1 aromatic heterocycles. The molecule has 21 heavy (non-hydrogen) atoms. The molecule has 0 bridgehead atoms. The zero-order valence-electron chi connectivity index (χ0n) is 11.7. The third-order valence-corrected chi connectivity index (χ3v) is 5.66. The molecule has 0 aliphatic carbocycles. The molecule has 1 unspecified atom stereocenters. The minimum Gasteiger partial charge on any atom is -0.473 e. The number of pyridine rings is 1. The number of morpholine rings is 1. The van der Waals surface area contributed by atoms with Gasteiger partial charge in [0.05, 0.1) is 19.8 Å². The first-order valence-corrected chi connectivity index (χ1v) is 8.46. The van der Waals surface area contributed by atoms with Gasteiger partial charge in [0.25, 0.3) is 10.2 Å². The van der Waals surface area contributed by atoms with E-state index in [1.165, 1.54) is 8.61 Å².